The van der Waals surface area contributed by atoms with Gasteiger partial charge in [-0.2, -0.15) is 5.10 Å². The van der Waals surface area contributed by atoms with Gasteiger partial charge in [0.25, 0.3) is 0 Å². The van der Waals surface area contributed by atoms with E-state index in [-0.39, 0.29) is 18.2 Å². The van der Waals surface area contributed by atoms with E-state index in [2.05, 4.69) is 10.1 Å². The van der Waals surface area contributed by atoms with Crippen molar-refractivity contribution in [3.63, 3.8) is 0 Å². The molecule has 2 heterocycles. The molecule has 0 aliphatic carbocycles. The van der Waals surface area contributed by atoms with Gasteiger partial charge in [0.1, 0.15) is 11.6 Å². The second-order valence-corrected chi connectivity index (χ2v) is 4.50. The lowest BCUT2D eigenvalue weighted by molar-refractivity contribution is 0.628. The molecule has 4 nitrogen and oxygen atoms in total. The molecule has 0 aliphatic rings. The molecule has 0 spiro atoms. The summed E-state index contributed by atoms with van der Waals surface area (Å²) in [7, 11) is 1.86. The van der Waals surface area contributed by atoms with Crippen LogP contribution in [0.4, 0.5) is 10.2 Å². The summed E-state index contributed by atoms with van der Waals surface area (Å²) in [6.07, 6.45) is 0. The van der Waals surface area contributed by atoms with Crippen molar-refractivity contribution in [3.8, 4) is 11.3 Å². The van der Waals surface area contributed by atoms with Gasteiger partial charge < -0.3 is 5.73 Å². The van der Waals surface area contributed by atoms with Gasteiger partial charge in [0.15, 0.2) is 0 Å². The van der Waals surface area contributed by atoms with E-state index in [1.807, 2.05) is 20.0 Å². The Morgan fingerprint density at radius 1 is 1.20 bits per heavy atom. The van der Waals surface area contributed by atoms with E-state index < -0.39 is 0 Å². The number of anilines is 1. The highest BCUT2D eigenvalue weighted by molar-refractivity contribution is 5.93. The molecule has 0 aliphatic heterocycles. The molecule has 0 amide bonds. The molecule has 6 heteroatoms. The summed E-state index contributed by atoms with van der Waals surface area (Å²) < 4.78 is 14.7. The first-order valence-electron chi connectivity index (χ1n) is 5.92. The topological polar surface area (TPSA) is 56.7 Å². The number of rotatable bonds is 1. The standard InChI is InChI=1S/C14H13FN4.ClH/c1-8-13-12(19(2)18-8)7-11(17-14(13)16)9-3-5-10(15)6-4-9;/h3-7H,1-2H3,(H2,16,17);1H. The van der Waals surface area contributed by atoms with Crippen molar-refractivity contribution < 1.29 is 4.39 Å². The SMILES string of the molecule is Cc1nn(C)c2cc(-c3ccc(F)cc3)nc(N)c12.Cl. The van der Waals surface area contributed by atoms with Crippen LogP contribution in [0, 0.1) is 12.7 Å². The zero-order valence-corrected chi connectivity index (χ0v) is 11.9. The molecule has 0 unspecified atom stereocenters. The average Bonchev–Trinajstić information content (AvgIpc) is 2.66. The van der Waals surface area contributed by atoms with E-state index in [4.69, 9.17) is 5.73 Å². The van der Waals surface area contributed by atoms with Crippen LogP contribution >= 0.6 is 12.4 Å². The highest BCUT2D eigenvalue weighted by Gasteiger charge is 2.12. The lowest BCUT2D eigenvalue weighted by atomic mass is 10.1. The van der Waals surface area contributed by atoms with Crippen LogP contribution in [-0.4, -0.2) is 14.8 Å². The van der Waals surface area contributed by atoms with Gasteiger partial charge >= 0.3 is 0 Å². The molecule has 2 aromatic heterocycles. The van der Waals surface area contributed by atoms with Crippen LogP contribution in [-0.2, 0) is 7.05 Å². The highest BCUT2D eigenvalue weighted by Crippen LogP contribution is 2.28. The van der Waals surface area contributed by atoms with Gasteiger partial charge in [-0.15, -0.1) is 12.4 Å². The molecule has 0 atom stereocenters. The molecule has 0 radical (unpaired) electrons. The maximum atomic E-state index is 12.9. The third-order valence-electron chi connectivity index (χ3n) is 3.18. The van der Waals surface area contributed by atoms with Crippen LogP contribution in [0.2, 0.25) is 0 Å². The first-order chi connectivity index (χ1) is 9.06. The van der Waals surface area contributed by atoms with E-state index in [1.54, 1.807) is 16.8 Å². The Hall–Kier alpha value is -2.14. The molecule has 3 rings (SSSR count). The minimum atomic E-state index is -0.269. The largest absolute Gasteiger partial charge is 0.383 e. The third-order valence-corrected chi connectivity index (χ3v) is 3.18. The fraction of sp³-hybridized carbons (Fsp3) is 0.143. The van der Waals surface area contributed by atoms with Gasteiger partial charge in [0, 0.05) is 12.6 Å². The highest BCUT2D eigenvalue weighted by atomic mass is 35.5. The molecule has 1 aromatic carbocycles. The van der Waals surface area contributed by atoms with E-state index in [0.717, 1.165) is 22.2 Å². The van der Waals surface area contributed by atoms with Crippen molar-refractivity contribution in [2.45, 2.75) is 6.92 Å². The number of halogens is 2. The van der Waals surface area contributed by atoms with Crippen LogP contribution < -0.4 is 5.73 Å². The summed E-state index contributed by atoms with van der Waals surface area (Å²) in [4.78, 5) is 4.38. The van der Waals surface area contributed by atoms with E-state index in [1.165, 1.54) is 12.1 Å². The van der Waals surface area contributed by atoms with E-state index >= 15 is 0 Å². The number of benzene rings is 1. The van der Waals surface area contributed by atoms with Gasteiger partial charge in [-0.1, -0.05) is 0 Å². The summed E-state index contributed by atoms with van der Waals surface area (Å²) in [6, 6.07) is 8.11. The second kappa shape index (κ2) is 5.09. The maximum Gasteiger partial charge on any atom is 0.135 e. The Morgan fingerprint density at radius 2 is 1.85 bits per heavy atom. The first kappa shape index (κ1) is 14.3. The second-order valence-electron chi connectivity index (χ2n) is 4.50. The number of aromatic nitrogens is 3. The Bertz CT molecular complexity index is 765. The molecular formula is C14H14ClFN4. The van der Waals surface area contributed by atoms with Crippen molar-refractivity contribution >= 4 is 29.1 Å². The summed E-state index contributed by atoms with van der Waals surface area (Å²) in [5.74, 6) is 0.177. The minimum Gasteiger partial charge on any atom is -0.383 e. The van der Waals surface area contributed by atoms with Crippen molar-refractivity contribution in [2.24, 2.45) is 7.05 Å². The number of nitrogens with two attached hydrogens (primary N) is 1. The Balaban J connectivity index is 0.00000147. The molecular weight excluding hydrogens is 279 g/mol. The fourth-order valence-corrected chi connectivity index (χ4v) is 2.27. The minimum absolute atomic E-state index is 0. The summed E-state index contributed by atoms with van der Waals surface area (Å²) in [5, 5.41) is 5.21. The van der Waals surface area contributed by atoms with Crippen LogP contribution in [0.5, 0.6) is 0 Å². The Morgan fingerprint density at radius 3 is 2.50 bits per heavy atom. The van der Waals surface area contributed by atoms with Gasteiger partial charge in [-0.3, -0.25) is 4.68 Å². The molecule has 2 N–H and O–H groups in total. The number of aryl methyl sites for hydroxylation is 2. The smallest absolute Gasteiger partial charge is 0.135 e. The van der Waals surface area contributed by atoms with Crippen molar-refractivity contribution in [2.75, 3.05) is 5.73 Å². The van der Waals surface area contributed by atoms with E-state index in [9.17, 15) is 4.39 Å². The van der Waals surface area contributed by atoms with Crippen LogP contribution in [0.1, 0.15) is 5.69 Å². The zero-order valence-electron chi connectivity index (χ0n) is 11.1. The number of hydrogen-bond acceptors (Lipinski definition) is 3. The molecule has 0 saturated carbocycles. The van der Waals surface area contributed by atoms with Gasteiger partial charge in [0.05, 0.1) is 22.3 Å². The number of pyridine rings is 1. The van der Waals surface area contributed by atoms with Gasteiger partial charge in [-0.25, -0.2) is 9.37 Å². The van der Waals surface area contributed by atoms with Crippen LogP contribution in [0.25, 0.3) is 22.2 Å². The summed E-state index contributed by atoms with van der Waals surface area (Å²) >= 11 is 0. The summed E-state index contributed by atoms with van der Waals surface area (Å²) in [5.41, 5.74) is 9.32. The number of nitrogens with zero attached hydrogens (tertiary/aromatic N) is 3. The summed E-state index contributed by atoms with van der Waals surface area (Å²) in [6.45, 7) is 1.90. The third kappa shape index (κ3) is 2.20. The van der Waals surface area contributed by atoms with Crippen molar-refractivity contribution in [1.82, 2.24) is 14.8 Å². The quantitative estimate of drug-likeness (QED) is 0.750. The van der Waals surface area contributed by atoms with Gasteiger partial charge in [0.2, 0.25) is 0 Å². The van der Waals surface area contributed by atoms with Crippen LogP contribution in [0.15, 0.2) is 30.3 Å². The fourth-order valence-electron chi connectivity index (χ4n) is 2.27. The van der Waals surface area contributed by atoms with Crippen molar-refractivity contribution in [3.05, 3.63) is 41.8 Å². The number of nitrogen functional groups attached to an aromatic ring is 1. The number of fused-ring (bicyclic) bond motifs is 1. The lowest BCUT2D eigenvalue weighted by Gasteiger charge is -2.04. The molecule has 104 valence electrons. The Labute approximate surface area is 121 Å². The monoisotopic (exact) mass is 292 g/mol. The van der Waals surface area contributed by atoms with Crippen LogP contribution in [0.3, 0.4) is 0 Å². The average molecular weight is 293 g/mol. The molecule has 0 saturated heterocycles. The zero-order chi connectivity index (χ0) is 13.6. The normalized spacial score (nSPS) is 10.6. The number of hydrogen-bond donors (Lipinski definition) is 1. The molecule has 0 bridgehead atoms. The maximum absolute atomic E-state index is 12.9. The molecule has 20 heavy (non-hydrogen) atoms. The predicted octanol–water partition coefficient (Wildman–Crippen LogP) is 3.09. The lowest BCUT2D eigenvalue weighted by Crippen LogP contribution is -1.96. The first-order valence-corrected chi connectivity index (χ1v) is 5.92. The molecule has 0 fully saturated rings. The van der Waals surface area contributed by atoms with E-state index in [0.29, 0.717) is 11.5 Å². The Kier molecular flexibility index (Phi) is 3.63. The van der Waals surface area contributed by atoms with Gasteiger partial charge in [-0.05, 0) is 37.3 Å². The predicted molar refractivity (Wildman–Crippen MR) is 80.3 cm³/mol. The molecule has 3 aromatic rings. The van der Waals surface area contributed by atoms with Crippen molar-refractivity contribution in [1.29, 1.82) is 0 Å².